The molecule has 0 aromatic carbocycles. The number of rotatable bonds is 3. The van der Waals surface area contributed by atoms with E-state index in [0.29, 0.717) is 23.0 Å². The maximum Gasteiger partial charge on any atom is 0.0700 e. The summed E-state index contributed by atoms with van der Waals surface area (Å²) >= 11 is 0. The number of fused-ring (bicyclic) bond motifs is 2. The fourth-order valence-corrected chi connectivity index (χ4v) is 4.87. The molecule has 17 heavy (non-hydrogen) atoms. The molecule has 2 aliphatic carbocycles. The van der Waals surface area contributed by atoms with Crippen molar-refractivity contribution in [2.75, 3.05) is 13.2 Å². The van der Waals surface area contributed by atoms with Crippen molar-refractivity contribution in [3.8, 4) is 0 Å². The molecule has 0 spiro atoms. The van der Waals surface area contributed by atoms with Crippen LogP contribution in [0.1, 0.15) is 52.9 Å². The molecule has 3 aliphatic rings. The Morgan fingerprint density at radius 2 is 2.06 bits per heavy atom. The van der Waals surface area contributed by atoms with E-state index in [1.807, 2.05) is 0 Å². The van der Waals surface area contributed by atoms with Crippen molar-refractivity contribution in [3.63, 3.8) is 0 Å². The fourth-order valence-electron chi connectivity index (χ4n) is 4.87. The summed E-state index contributed by atoms with van der Waals surface area (Å²) in [5.41, 5.74) is 1.03. The first kappa shape index (κ1) is 12.0. The molecule has 0 aromatic heterocycles. The second-order valence-electron chi connectivity index (χ2n) is 7.39. The van der Waals surface area contributed by atoms with Crippen LogP contribution in [0.25, 0.3) is 0 Å². The summed E-state index contributed by atoms with van der Waals surface area (Å²) in [5.74, 6) is 0.939. The number of nitrogens with one attached hydrogen (secondary N) is 1. The highest BCUT2D eigenvalue weighted by atomic mass is 16.5. The van der Waals surface area contributed by atoms with E-state index in [4.69, 9.17) is 4.74 Å². The summed E-state index contributed by atoms with van der Waals surface area (Å²) in [4.78, 5) is 0. The molecule has 2 bridgehead atoms. The van der Waals surface area contributed by atoms with Gasteiger partial charge < -0.3 is 10.1 Å². The van der Waals surface area contributed by atoms with E-state index in [-0.39, 0.29) is 0 Å². The molecule has 2 heteroatoms. The van der Waals surface area contributed by atoms with Gasteiger partial charge in [-0.1, -0.05) is 20.8 Å². The van der Waals surface area contributed by atoms with Crippen molar-refractivity contribution in [2.45, 2.75) is 65.0 Å². The predicted molar refractivity (Wildman–Crippen MR) is 70.0 cm³/mol. The van der Waals surface area contributed by atoms with Crippen molar-refractivity contribution in [2.24, 2.45) is 16.7 Å². The Bertz CT molecular complexity index is 291. The van der Waals surface area contributed by atoms with E-state index in [1.54, 1.807) is 0 Å². The quantitative estimate of drug-likeness (QED) is 0.815. The van der Waals surface area contributed by atoms with Crippen LogP contribution in [0.4, 0.5) is 0 Å². The molecule has 1 saturated heterocycles. The molecular formula is C15H27NO. The zero-order valence-electron chi connectivity index (χ0n) is 11.6. The van der Waals surface area contributed by atoms with Crippen LogP contribution in [0, 0.1) is 16.7 Å². The van der Waals surface area contributed by atoms with Crippen LogP contribution in [0.5, 0.6) is 0 Å². The van der Waals surface area contributed by atoms with Crippen molar-refractivity contribution in [1.82, 2.24) is 5.32 Å². The molecule has 0 radical (unpaired) electrons. The van der Waals surface area contributed by atoms with E-state index in [0.717, 1.165) is 19.1 Å². The summed E-state index contributed by atoms with van der Waals surface area (Å²) in [6.07, 6.45) is 7.28. The maximum absolute atomic E-state index is 5.73. The summed E-state index contributed by atoms with van der Waals surface area (Å²) in [7, 11) is 0. The monoisotopic (exact) mass is 237 g/mol. The minimum absolute atomic E-state index is 0.478. The largest absolute Gasteiger partial charge is 0.377 e. The standard InChI is InChI=1S/C15H27NO/c1-14(2)11-6-7-15(3,9-11)13(14)16-10-12-5-4-8-17-12/h11-13,16H,4-10H2,1-3H3/t11-,12?,13?,15+/m0/s1. The van der Waals surface area contributed by atoms with Gasteiger partial charge in [0.25, 0.3) is 0 Å². The van der Waals surface area contributed by atoms with E-state index in [2.05, 4.69) is 26.1 Å². The minimum atomic E-state index is 0.478. The number of ether oxygens (including phenoxy) is 1. The van der Waals surface area contributed by atoms with Crippen LogP contribution in [-0.2, 0) is 4.74 Å². The summed E-state index contributed by atoms with van der Waals surface area (Å²) in [6, 6.07) is 0.693. The van der Waals surface area contributed by atoms with Gasteiger partial charge in [-0.15, -0.1) is 0 Å². The topological polar surface area (TPSA) is 21.3 Å². The fraction of sp³-hybridized carbons (Fsp3) is 1.00. The first-order valence-electron chi connectivity index (χ1n) is 7.37. The zero-order valence-corrected chi connectivity index (χ0v) is 11.6. The van der Waals surface area contributed by atoms with Crippen molar-refractivity contribution < 1.29 is 4.74 Å². The normalized spacial score (nSPS) is 47.8. The third kappa shape index (κ3) is 1.84. The Kier molecular flexibility index (Phi) is 2.79. The second-order valence-corrected chi connectivity index (χ2v) is 7.39. The molecule has 1 aliphatic heterocycles. The Morgan fingerprint density at radius 3 is 2.65 bits per heavy atom. The highest BCUT2D eigenvalue weighted by Crippen LogP contribution is 2.62. The van der Waals surface area contributed by atoms with Gasteiger partial charge in [-0.2, -0.15) is 0 Å². The SMILES string of the molecule is CC1(C)C(NCC2CCCO2)[C@]2(C)CC[C@H]1C2. The summed E-state index contributed by atoms with van der Waals surface area (Å²) < 4.78 is 5.73. The van der Waals surface area contributed by atoms with Crippen molar-refractivity contribution >= 4 is 0 Å². The zero-order chi connectivity index (χ0) is 12.1. The van der Waals surface area contributed by atoms with Crippen molar-refractivity contribution in [3.05, 3.63) is 0 Å². The van der Waals surface area contributed by atoms with Crippen LogP contribution in [-0.4, -0.2) is 25.3 Å². The van der Waals surface area contributed by atoms with Gasteiger partial charge in [-0.3, -0.25) is 0 Å². The Labute approximate surface area is 105 Å². The lowest BCUT2D eigenvalue weighted by Gasteiger charge is -2.43. The highest BCUT2D eigenvalue weighted by Gasteiger charge is 2.58. The Morgan fingerprint density at radius 1 is 1.24 bits per heavy atom. The average Bonchev–Trinajstić information content (AvgIpc) is 2.90. The molecule has 4 atom stereocenters. The molecule has 0 aromatic rings. The van der Waals surface area contributed by atoms with Gasteiger partial charge >= 0.3 is 0 Å². The third-order valence-electron chi connectivity index (χ3n) is 5.84. The molecular weight excluding hydrogens is 210 g/mol. The first-order chi connectivity index (χ1) is 8.02. The molecule has 2 nitrogen and oxygen atoms in total. The molecule has 2 unspecified atom stereocenters. The number of hydrogen-bond donors (Lipinski definition) is 1. The van der Waals surface area contributed by atoms with Crippen LogP contribution < -0.4 is 5.32 Å². The van der Waals surface area contributed by atoms with Gasteiger partial charge in [-0.05, 0) is 48.9 Å². The molecule has 1 N–H and O–H groups in total. The lowest BCUT2D eigenvalue weighted by Crippen LogP contribution is -2.52. The van der Waals surface area contributed by atoms with E-state index < -0.39 is 0 Å². The summed E-state index contributed by atoms with van der Waals surface area (Å²) in [5, 5.41) is 3.86. The van der Waals surface area contributed by atoms with Gasteiger partial charge in [0.15, 0.2) is 0 Å². The molecule has 98 valence electrons. The van der Waals surface area contributed by atoms with Gasteiger partial charge in [0, 0.05) is 19.2 Å². The van der Waals surface area contributed by atoms with E-state index >= 15 is 0 Å². The predicted octanol–water partition coefficient (Wildman–Crippen LogP) is 2.97. The Hall–Kier alpha value is -0.0800. The number of hydrogen-bond acceptors (Lipinski definition) is 2. The first-order valence-corrected chi connectivity index (χ1v) is 7.37. The van der Waals surface area contributed by atoms with Crippen molar-refractivity contribution in [1.29, 1.82) is 0 Å². The van der Waals surface area contributed by atoms with Crippen LogP contribution in [0.3, 0.4) is 0 Å². The van der Waals surface area contributed by atoms with Gasteiger partial charge in [0.1, 0.15) is 0 Å². The van der Waals surface area contributed by atoms with Gasteiger partial charge in [-0.25, -0.2) is 0 Å². The van der Waals surface area contributed by atoms with Gasteiger partial charge in [0.05, 0.1) is 6.10 Å². The highest BCUT2D eigenvalue weighted by molar-refractivity contribution is 5.12. The maximum atomic E-state index is 5.73. The average molecular weight is 237 g/mol. The third-order valence-corrected chi connectivity index (χ3v) is 5.84. The molecule has 2 saturated carbocycles. The van der Waals surface area contributed by atoms with E-state index in [1.165, 1.54) is 32.1 Å². The smallest absolute Gasteiger partial charge is 0.0700 e. The lowest BCUT2D eigenvalue weighted by molar-refractivity contribution is 0.0716. The van der Waals surface area contributed by atoms with Crippen LogP contribution in [0.2, 0.25) is 0 Å². The van der Waals surface area contributed by atoms with Crippen LogP contribution >= 0.6 is 0 Å². The second kappa shape index (κ2) is 3.96. The molecule has 0 amide bonds. The lowest BCUT2D eigenvalue weighted by atomic mass is 9.68. The van der Waals surface area contributed by atoms with Gasteiger partial charge in [0.2, 0.25) is 0 Å². The Balaban J connectivity index is 1.65. The molecule has 1 heterocycles. The minimum Gasteiger partial charge on any atom is -0.377 e. The molecule has 3 rings (SSSR count). The van der Waals surface area contributed by atoms with Crippen LogP contribution in [0.15, 0.2) is 0 Å². The molecule has 3 fully saturated rings. The summed E-state index contributed by atoms with van der Waals surface area (Å²) in [6.45, 7) is 9.47. The van der Waals surface area contributed by atoms with E-state index in [9.17, 15) is 0 Å².